The molecule has 1 aliphatic rings. The molecule has 6 heteroatoms. The van der Waals surface area contributed by atoms with E-state index in [0.29, 0.717) is 31.0 Å². The van der Waals surface area contributed by atoms with Crippen LogP contribution in [0.15, 0.2) is 12.3 Å². The minimum atomic E-state index is -0.480. The van der Waals surface area contributed by atoms with Crippen LogP contribution in [0.1, 0.15) is 17.3 Å². The van der Waals surface area contributed by atoms with Crippen molar-refractivity contribution in [1.29, 1.82) is 0 Å². The molecular weight excluding hydrogens is 253 g/mol. The summed E-state index contributed by atoms with van der Waals surface area (Å²) in [6.07, 6.45) is 1.13. The number of thioether (sulfide) groups is 1. The van der Waals surface area contributed by atoms with Gasteiger partial charge in [0.1, 0.15) is 11.6 Å². The molecule has 1 N–H and O–H groups in total. The van der Waals surface area contributed by atoms with Crippen LogP contribution >= 0.6 is 11.8 Å². The van der Waals surface area contributed by atoms with E-state index in [9.17, 15) is 9.18 Å². The molecule has 0 aromatic carbocycles. The van der Waals surface area contributed by atoms with Crippen molar-refractivity contribution in [3.63, 3.8) is 0 Å². The minimum Gasteiger partial charge on any atom is -0.370 e. The zero-order valence-corrected chi connectivity index (χ0v) is 11.1. The maximum atomic E-state index is 13.2. The van der Waals surface area contributed by atoms with Gasteiger partial charge in [0.25, 0.3) is 5.91 Å². The topological polar surface area (TPSA) is 45.2 Å². The summed E-state index contributed by atoms with van der Waals surface area (Å²) in [5.74, 6) is 1.71. The quantitative estimate of drug-likeness (QED) is 0.909. The summed E-state index contributed by atoms with van der Waals surface area (Å²) in [6.45, 7) is 3.99. The van der Waals surface area contributed by atoms with E-state index in [2.05, 4.69) is 10.3 Å². The second-order valence-corrected chi connectivity index (χ2v) is 5.21. The molecular formula is C12H16FN3OS. The van der Waals surface area contributed by atoms with Gasteiger partial charge in [0.05, 0.1) is 11.8 Å². The van der Waals surface area contributed by atoms with Crippen molar-refractivity contribution < 1.29 is 9.18 Å². The fourth-order valence-corrected chi connectivity index (χ4v) is 2.75. The van der Waals surface area contributed by atoms with Gasteiger partial charge in [0, 0.05) is 31.1 Å². The number of hydrogen-bond donors (Lipinski definition) is 1. The Morgan fingerprint density at radius 3 is 2.94 bits per heavy atom. The molecule has 1 aliphatic heterocycles. The Morgan fingerprint density at radius 1 is 1.56 bits per heavy atom. The average Bonchev–Trinajstić information content (AvgIpc) is 2.41. The van der Waals surface area contributed by atoms with Crippen molar-refractivity contribution in [2.24, 2.45) is 0 Å². The van der Waals surface area contributed by atoms with E-state index in [0.717, 1.165) is 17.7 Å². The first-order valence-corrected chi connectivity index (χ1v) is 7.14. The maximum absolute atomic E-state index is 13.2. The maximum Gasteiger partial charge on any atom is 0.257 e. The third kappa shape index (κ3) is 2.93. The van der Waals surface area contributed by atoms with E-state index in [4.69, 9.17) is 0 Å². The molecule has 1 aromatic heterocycles. The monoisotopic (exact) mass is 269 g/mol. The fraction of sp³-hybridized carbons (Fsp3) is 0.500. The van der Waals surface area contributed by atoms with E-state index in [1.807, 2.05) is 18.7 Å². The smallest absolute Gasteiger partial charge is 0.257 e. The Labute approximate surface area is 110 Å². The summed E-state index contributed by atoms with van der Waals surface area (Å²) in [6, 6.07) is 1.26. The molecule has 0 aliphatic carbocycles. The van der Waals surface area contributed by atoms with Crippen molar-refractivity contribution in [3.8, 4) is 0 Å². The van der Waals surface area contributed by atoms with Gasteiger partial charge in [0.15, 0.2) is 0 Å². The van der Waals surface area contributed by atoms with Gasteiger partial charge in [-0.2, -0.15) is 11.8 Å². The normalized spacial score (nSPS) is 15.6. The summed E-state index contributed by atoms with van der Waals surface area (Å²) in [7, 11) is 0. The highest BCUT2D eigenvalue weighted by Crippen LogP contribution is 2.18. The third-order valence-corrected chi connectivity index (χ3v) is 3.67. The number of anilines is 1. The molecule has 98 valence electrons. The number of amides is 1. The van der Waals surface area contributed by atoms with E-state index in [-0.39, 0.29) is 5.91 Å². The molecule has 18 heavy (non-hydrogen) atoms. The van der Waals surface area contributed by atoms with Gasteiger partial charge >= 0.3 is 0 Å². The van der Waals surface area contributed by atoms with E-state index >= 15 is 0 Å². The largest absolute Gasteiger partial charge is 0.370 e. The Hall–Kier alpha value is -1.30. The van der Waals surface area contributed by atoms with Gasteiger partial charge in [-0.05, 0) is 13.0 Å². The van der Waals surface area contributed by atoms with Crippen molar-refractivity contribution in [2.45, 2.75) is 6.92 Å². The lowest BCUT2D eigenvalue weighted by Gasteiger charge is -2.27. The van der Waals surface area contributed by atoms with Crippen LogP contribution in [0.2, 0.25) is 0 Å². The first-order valence-electron chi connectivity index (χ1n) is 5.99. The van der Waals surface area contributed by atoms with Crippen molar-refractivity contribution in [2.75, 3.05) is 36.5 Å². The Morgan fingerprint density at radius 2 is 2.28 bits per heavy atom. The summed E-state index contributed by atoms with van der Waals surface area (Å²) in [5.41, 5.74) is 0.323. The number of aromatic nitrogens is 1. The standard InChI is InChI=1S/C12H16FN3OS/c1-2-14-11-10(7-9(13)8-15-11)12(17)16-3-5-18-6-4-16/h7-8H,2-6H2,1H3,(H,14,15). The second kappa shape index (κ2) is 6.04. The number of nitrogens with one attached hydrogen (secondary N) is 1. The van der Waals surface area contributed by atoms with Crippen LogP contribution in [-0.4, -0.2) is 46.9 Å². The van der Waals surface area contributed by atoms with Gasteiger partial charge in [0.2, 0.25) is 0 Å². The zero-order valence-electron chi connectivity index (χ0n) is 10.3. The number of hydrogen-bond acceptors (Lipinski definition) is 4. The summed E-state index contributed by atoms with van der Waals surface area (Å²) in [4.78, 5) is 18.0. The number of carbonyl (C=O) groups excluding carboxylic acids is 1. The number of halogens is 1. The molecule has 1 fully saturated rings. The molecule has 0 atom stereocenters. The van der Waals surface area contributed by atoms with Crippen LogP contribution in [-0.2, 0) is 0 Å². The van der Waals surface area contributed by atoms with Crippen LogP contribution < -0.4 is 5.32 Å². The second-order valence-electron chi connectivity index (χ2n) is 3.98. The van der Waals surface area contributed by atoms with Crippen molar-refractivity contribution in [1.82, 2.24) is 9.88 Å². The Bertz CT molecular complexity index is 435. The SMILES string of the molecule is CCNc1ncc(F)cc1C(=O)N1CCSCC1. The molecule has 2 heterocycles. The van der Waals surface area contributed by atoms with E-state index in [1.165, 1.54) is 6.07 Å². The predicted molar refractivity (Wildman–Crippen MR) is 71.6 cm³/mol. The first-order chi connectivity index (χ1) is 8.72. The fourth-order valence-electron chi connectivity index (χ4n) is 1.85. The molecule has 0 bridgehead atoms. The zero-order chi connectivity index (χ0) is 13.0. The van der Waals surface area contributed by atoms with Crippen LogP contribution in [0.4, 0.5) is 10.2 Å². The summed E-state index contributed by atoms with van der Waals surface area (Å²) < 4.78 is 13.2. The molecule has 0 saturated carbocycles. The number of carbonyl (C=O) groups is 1. The number of rotatable bonds is 3. The third-order valence-electron chi connectivity index (χ3n) is 2.73. The lowest BCUT2D eigenvalue weighted by molar-refractivity contribution is 0.0772. The van der Waals surface area contributed by atoms with Crippen molar-refractivity contribution in [3.05, 3.63) is 23.6 Å². The van der Waals surface area contributed by atoms with E-state index < -0.39 is 5.82 Å². The van der Waals surface area contributed by atoms with E-state index in [1.54, 1.807) is 4.90 Å². The minimum absolute atomic E-state index is 0.141. The van der Waals surface area contributed by atoms with Crippen LogP contribution in [0.3, 0.4) is 0 Å². The predicted octanol–water partition coefficient (Wildman–Crippen LogP) is 1.84. The van der Waals surface area contributed by atoms with Gasteiger partial charge in [-0.1, -0.05) is 0 Å². The van der Waals surface area contributed by atoms with Crippen LogP contribution in [0.5, 0.6) is 0 Å². The summed E-state index contributed by atoms with van der Waals surface area (Å²) >= 11 is 1.83. The van der Waals surface area contributed by atoms with Gasteiger partial charge in [-0.25, -0.2) is 9.37 Å². The lowest BCUT2D eigenvalue weighted by atomic mass is 10.2. The number of pyridine rings is 1. The molecule has 1 saturated heterocycles. The highest BCUT2D eigenvalue weighted by atomic mass is 32.2. The lowest BCUT2D eigenvalue weighted by Crippen LogP contribution is -2.38. The first kappa shape index (κ1) is 13.1. The Kier molecular flexibility index (Phi) is 4.41. The van der Waals surface area contributed by atoms with Crippen molar-refractivity contribution >= 4 is 23.5 Å². The summed E-state index contributed by atoms with van der Waals surface area (Å²) in [5, 5.41) is 2.99. The van der Waals surface area contributed by atoms with Gasteiger partial charge in [-0.15, -0.1) is 0 Å². The molecule has 4 nitrogen and oxygen atoms in total. The Balaban J connectivity index is 2.24. The highest BCUT2D eigenvalue weighted by Gasteiger charge is 2.22. The molecule has 1 aromatic rings. The molecule has 2 rings (SSSR count). The highest BCUT2D eigenvalue weighted by molar-refractivity contribution is 7.99. The van der Waals surface area contributed by atoms with Gasteiger partial charge in [-0.3, -0.25) is 4.79 Å². The molecule has 0 spiro atoms. The number of nitrogens with zero attached hydrogens (tertiary/aromatic N) is 2. The average molecular weight is 269 g/mol. The van der Waals surface area contributed by atoms with Crippen LogP contribution in [0.25, 0.3) is 0 Å². The molecule has 0 unspecified atom stereocenters. The molecule has 1 amide bonds. The van der Waals surface area contributed by atoms with Crippen LogP contribution in [0, 0.1) is 5.82 Å². The molecule has 0 radical (unpaired) electrons. The van der Waals surface area contributed by atoms with Gasteiger partial charge < -0.3 is 10.2 Å².